The van der Waals surface area contributed by atoms with Crippen LogP contribution < -0.4 is 10.6 Å². The van der Waals surface area contributed by atoms with E-state index in [1.807, 2.05) is 7.05 Å². The molecule has 2 aliphatic carbocycles. The number of likely N-dealkylation sites (tertiary alicyclic amines) is 1. The van der Waals surface area contributed by atoms with Crippen molar-refractivity contribution in [1.82, 2.24) is 15.5 Å². The van der Waals surface area contributed by atoms with Crippen LogP contribution in [-0.4, -0.2) is 62.7 Å². The number of ether oxygens (including phenoxy) is 1. The van der Waals surface area contributed by atoms with Crippen LogP contribution in [0.15, 0.2) is 4.99 Å². The van der Waals surface area contributed by atoms with E-state index in [1.54, 1.807) is 7.05 Å². The Morgan fingerprint density at radius 3 is 2.54 bits per heavy atom. The van der Waals surface area contributed by atoms with Crippen LogP contribution in [-0.2, 0) is 9.53 Å². The van der Waals surface area contributed by atoms with E-state index in [-0.39, 0.29) is 5.91 Å². The summed E-state index contributed by atoms with van der Waals surface area (Å²) in [6.45, 7) is 4.88. The van der Waals surface area contributed by atoms with E-state index in [1.165, 1.54) is 25.7 Å². The molecule has 148 valence electrons. The first-order valence-electron chi connectivity index (χ1n) is 10.4. The van der Waals surface area contributed by atoms with Gasteiger partial charge in [-0.2, -0.15) is 0 Å². The Hall–Kier alpha value is -1.30. The topological polar surface area (TPSA) is 66.0 Å². The van der Waals surface area contributed by atoms with E-state index in [0.29, 0.717) is 29.9 Å². The lowest BCUT2D eigenvalue weighted by molar-refractivity contribution is -0.126. The molecule has 2 saturated carbocycles. The smallest absolute Gasteiger partial charge is 0.220 e. The molecule has 2 atom stereocenters. The number of guanidine groups is 1. The summed E-state index contributed by atoms with van der Waals surface area (Å²) in [5.74, 6) is 1.69. The molecule has 26 heavy (non-hydrogen) atoms. The number of piperidine rings is 1. The van der Waals surface area contributed by atoms with Gasteiger partial charge < -0.3 is 20.3 Å². The molecular formula is C20H36N4O2. The van der Waals surface area contributed by atoms with Gasteiger partial charge in [-0.05, 0) is 44.9 Å². The third-order valence-corrected chi connectivity index (χ3v) is 6.87. The lowest BCUT2D eigenvalue weighted by atomic mass is 9.60. The molecule has 6 nitrogen and oxygen atoms in total. The summed E-state index contributed by atoms with van der Waals surface area (Å²) < 4.78 is 6.04. The monoisotopic (exact) mass is 364 g/mol. The minimum atomic E-state index is 0.158. The highest BCUT2D eigenvalue weighted by molar-refractivity contribution is 5.80. The molecule has 3 aliphatic rings. The predicted molar refractivity (Wildman–Crippen MR) is 104 cm³/mol. The quantitative estimate of drug-likeness (QED) is 0.579. The lowest BCUT2D eigenvalue weighted by Crippen LogP contribution is -2.65. The van der Waals surface area contributed by atoms with Crippen molar-refractivity contribution >= 4 is 11.9 Å². The number of hydrogen-bond acceptors (Lipinski definition) is 3. The molecule has 1 aliphatic heterocycles. The van der Waals surface area contributed by atoms with Gasteiger partial charge in [-0.1, -0.05) is 12.8 Å². The second-order valence-corrected chi connectivity index (χ2v) is 8.17. The van der Waals surface area contributed by atoms with Crippen molar-refractivity contribution < 1.29 is 9.53 Å². The normalized spacial score (nSPS) is 28.9. The molecule has 1 heterocycles. The van der Waals surface area contributed by atoms with Gasteiger partial charge >= 0.3 is 0 Å². The number of amides is 1. The van der Waals surface area contributed by atoms with Crippen LogP contribution in [0.25, 0.3) is 0 Å². The van der Waals surface area contributed by atoms with Gasteiger partial charge in [0, 0.05) is 51.7 Å². The van der Waals surface area contributed by atoms with E-state index in [2.05, 4.69) is 27.4 Å². The molecule has 0 aromatic carbocycles. The number of aliphatic imine (C=N–C) groups is 1. The fraction of sp³-hybridized carbons (Fsp3) is 0.900. The van der Waals surface area contributed by atoms with E-state index < -0.39 is 0 Å². The molecule has 1 spiro atoms. The molecule has 0 aromatic heterocycles. The summed E-state index contributed by atoms with van der Waals surface area (Å²) in [7, 11) is 3.61. The third kappa shape index (κ3) is 3.85. The summed E-state index contributed by atoms with van der Waals surface area (Å²) in [5.41, 5.74) is 0.323. The maximum atomic E-state index is 11.6. The van der Waals surface area contributed by atoms with Crippen LogP contribution in [0.1, 0.15) is 58.3 Å². The highest BCUT2D eigenvalue weighted by atomic mass is 16.5. The molecule has 2 N–H and O–H groups in total. The van der Waals surface area contributed by atoms with E-state index in [0.717, 1.165) is 44.9 Å². The Morgan fingerprint density at radius 1 is 1.27 bits per heavy atom. The van der Waals surface area contributed by atoms with Gasteiger partial charge in [0.25, 0.3) is 0 Å². The molecular weight excluding hydrogens is 328 g/mol. The number of rotatable bonds is 5. The second-order valence-electron chi connectivity index (χ2n) is 8.17. The number of nitrogens with one attached hydrogen (secondary N) is 2. The van der Waals surface area contributed by atoms with Gasteiger partial charge in [0.2, 0.25) is 5.91 Å². The molecule has 2 unspecified atom stereocenters. The zero-order valence-electron chi connectivity index (χ0n) is 16.7. The van der Waals surface area contributed by atoms with Crippen molar-refractivity contribution in [3.05, 3.63) is 0 Å². The summed E-state index contributed by atoms with van der Waals surface area (Å²) in [5, 5.41) is 6.52. The summed E-state index contributed by atoms with van der Waals surface area (Å²) >= 11 is 0. The average Bonchev–Trinajstić information content (AvgIpc) is 3.18. The van der Waals surface area contributed by atoms with Crippen molar-refractivity contribution in [2.75, 3.05) is 33.8 Å². The van der Waals surface area contributed by atoms with Crippen molar-refractivity contribution in [2.24, 2.45) is 16.3 Å². The molecule has 6 heteroatoms. The van der Waals surface area contributed by atoms with Gasteiger partial charge in [0.05, 0.1) is 6.10 Å². The average molecular weight is 365 g/mol. The fourth-order valence-corrected chi connectivity index (χ4v) is 5.26. The Kier molecular flexibility index (Phi) is 6.43. The van der Waals surface area contributed by atoms with Gasteiger partial charge in [-0.15, -0.1) is 0 Å². The molecule has 1 amide bonds. The van der Waals surface area contributed by atoms with E-state index in [4.69, 9.17) is 4.74 Å². The predicted octanol–water partition coefficient (Wildman–Crippen LogP) is 2.15. The van der Waals surface area contributed by atoms with Gasteiger partial charge in [0.15, 0.2) is 5.96 Å². The lowest BCUT2D eigenvalue weighted by Gasteiger charge is -2.55. The number of carbonyl (C=O) groups is 1. The van der Waals surface area contributed by atoms with Crippen LogP contribution in [0.2, 0.25) is 0 Å². The molecule has 3 fully saturated rings. The van der Waals surface area contributed by atoms with Crippen LogP contribution in [0.3, 0.4) is 0 Å². The Labute approximate surface area is 158 Å². The maximum Gasteiger partial charge on any atom is 0.220 e. The molecule has 0 bridgehead atoms. The Bertz CT molecular complexity index is 508. The maximum absolute atomic E-state index is 11.6. The molecule has 0 radical (unpaired) electrons. The van der Waals surface area contributed by atoms with Crippen molar-refractivity contribution in [3.8, 4) is 0 Å². The molecule has 1 saturated heterocycles. The number of hydrogen-bond donors (Lipinski definition) is 2. The zero-order valence-corrected chi connectivity index (χ0v) is 16.7. The zero-order chi connectivity index (χ0) is 18.6. The van der Waals surface area contributed by atoms with Crippen LogP contribution >= 0.6 is 0 Å². The number of nitrogens with zero attached hydrogens (tertiary/aromatic N) is 2. The standard InChI is InChI=1S/C20H36N4O2/c1-4-26-17-14-16(20(17)9-5-6-10-20)23-19(22-3)24-11-7-15(8-12-24)13-18(25)21-2/h15-17H,4-14H2,1-3H3,(H,21,25)(H,22,23). The minimum absolute atomic E-state index is 0.158. The fourth-order valence-electron chi connectivity index (χ4n) is 5.26. The van der Waals surface area contributed by atoms with Crippen LogP contribution in [0.4, 0.5) is 0 Å². The summed E-state index contributed by atoms with van der Waals surface area (Å²) in [6, 6.07) is 0.490. The first-order valence-corrected chi connectivity index (χ1v) is 10.4. The van der Waals surface area contributed by atoms with Gasteiger partial charge in [0.1, 0.15) is 0 Å². The largest absolute Gasteiger partial charge is 0.378 e. The third-order valence-electron chi connectivity index (χ3n) is 6.87. The summed E-state index contributed by atoms with van der Waals surface area (Å²) in [4.78, 5) is 18.5. The Balaban J connectivity index is 1.53. The van der Waals surface area contributed by atoms with Crippen LogP contribution in [0, 0.1) is 11.3 Å². The SMILES string of the molecule is CCOC1CC(NC(=NC)N2CCC(CC(=O)NC)CC2)C12CCCC2. The van der Waals surface area contributed by atoms with Crippen LogP contribution in [0.5, 0.6) is 0 Å². The van der Waals surface area contributed by atoms with Gasteiger partial charge in [-0.25, -0.2) is 0 Å². The van der Waals surface area contributed by atoms with E-state index >= 15 is 0 Å². The summed E-state index contributed by atoms with van der Waals surface area (Å²) in [6.07, 6.45) is 9.50. The van der Waals surface area contributed by atoms with Crippen molar-refractivity contribution in [3.63, 3.8) is 0 Å². The van der Waals surface area contributed by atoms with Crippen molar-refractivity contribution in [2.45, 2.75) is 70.4 Å². The van der Waals surface area contributed by atoms with E-state index in [9.17, 15) is 4.79 Å². The Morgan fingerprint density at radius 2 is 1.96 bits per heavy atom. The number of carbonyl (C=O) groups excluding carboxylic acids is 1. The highest BCUT2D eigenvalue weighted by Crippen LogP contribution is 2.54. The van der Waals surface area contributed by atoms with Gasteiger partial charge in [-0.3, -0.25) is 9.79 Å². The first kappa shape index (κ1) is 19.5. The second kappa shape index (κ2) is 8.59. The molecule has 0 aromatic rings. The van der Waals surface area contributed by atoms with Crippen molar-refractivity contribution in [1.29, 1.82) is 0 Å². The highest BCUT2D eigenvalue weighted by Gasteiger charge is 2.57. The molecule has 3 rings (SSSR count). The first-order chi connectivity index (χ1) is 12.6. The minimum Gasteiger partial charge on any atom is -0.378 e.